The summed E-state index contributed by atoms with van der Waals surface area (Å²) < 4.78 is 18.6. The molecule has 0 aromatic heterocycles. The molecule has 0 radical (unpaired) electrons. The highest BCUT2D eigenvalue weighted by atomic mass is 19.1. The number of para-hydroxylation sites is 1. The van der Waals surface area contributed by atoms with E-state index in [2.05, 4.69) is 0 Å². The lowest BCUT2D eigenvalue weighted by Crippen LogP contribution is -2.35. The molecule has 3 nitrogen and oxygen atoms in total. The molecule has 4 heteroatoms. The molecule has 2 rings (SSSR count). The van der Waals surface area contributed by atoms with Crippen LogP contribution in [0.2, 0.25) is 0 Å². The van der Waals surface area contributed by atoms with Gasteiger partial charge in [0, 0.05) is 5.56 Å². The zero-order valence-corrected chi connectivity index (χ0v) is 9.87. The number of methoxy groups -OCH3 is 1. The number of benzene rings is 1. The van der Waals surface area contributed by atoms with E-state index in [-0.39, 0.29) is 11.7 Å². The molecule has 1 N–H and O–H groups in total. The third-order valence-corrected chi connectivity index (χ3v) is 3.57. The molecule has 0 bridgehead atoms. The Hall–Kier alpha value is -1.58. The Bertz CT molecular complexity index is 454. The highest BCUT2D eigenvalue weighted by molar-refractivity contribution is 5.83. The van der Waals surface area contributed by atoms with Crippen LogP contribution in [0.4, 0.5) is 4.39 Å². The Morgan fingerprint density at radius 3 is 2.65 bits per heavy atom. The van der Waals surface area contributed by atoms with E-state index in [9.17, 15) is 14.3 Å². The largest absolute Gasteiger partial charge is 0.493 e. The number of carboxylic acid groups (broad SMARTS) is 1. The molecular formula is C13H15FO3. The zero-order chi connectivity index (χ0) is 12.6. The first kappa shape index (κ1) is 11.9. The van der Waals surface area contributed by atoms with E-state index < -0.39 is 17.2 Å². The topological polar surface area (TPSA) is 46.5 Å². The van der Waals surface area contributed by atoms with Gasteiger partial charge in [-0.1, -0.05) is 12.1 Å². The standard InChI is InChI=1S/C13H15FO3/c1-13(12(15)16,8-6-7-8)9-4-3-5-10(14)11(9)17-2/h3-5,8H,6-7H2,1-2H3,(H,15,16). The lowest BCUT2D eigenvalue weighted by molar-refractivity contribution is -0.144. The molecule has 1 aromatic rings. The second kappa shape index (κ2) is 4.02. The van der Waals surface area contributed by atoms with Crippen molar-refractivity contribution in [2.75, 3.05) is 7.11 Å². The summed E-state index contributed by atoms with van der Waals surface area (Å²) in [5.41, 5.74) is -0.636. The first-order valence-corrected chi connectivity index (χ1v) is 5.58. The van der Waals surface area contributed by atoms with Crippen LogP contribution in [0.1, 0.15) is 25.3 Å². The summed E-state index contributed by atoms with van der Waals surface area (Å²) in [5, 5.41) is 9.43. The summed E-state index contributed by atoms with van der Waals surface area (Å²) in [6.07, 6.45) is 1.73. The van der Waals surface area contributed by atoms with Crippen molar-refractivity contribution >= 4 is 5.97 Å². The lowest BCUT2D eigenvalue weighted by atomic mass is 9.77. The van der Waals surface area contributed by atoms with Crippen molar-refractivity contribution in [1.29, 1.82) is 0 Å². The number of carbonyl (C=O) groups is 1. The highest BCUT2D eigenvalue weighted by Crippen LogP contribution is 2.50. The molecule has 0 amide bonds. The fourth-order valence-electron chi connectivity index (χ4n) is 2.30. The van der Waals surface area contributed by atoms with Gasteiger partial charge in [0.2, 0.25) is 0 Å². The monoisotopic (exact) mass is 238 g/mol. The van der Waals surface area contributed by atoms with Crippen molar-refractivity contribution in [2.24, 2.45) is 5.92 Å². The Balaban J connectivity index is 2.57. The Morgan fingerprint density at radius 2 is 2.18 bits per heavy atom. The van der Waals surface area contributed by atoms with Crippen molar-refractivity contribution in [2.45, 2.75) is 25.2 Å². The van der Waals surface area contributed by atoms with Crippen LogP contribution in [0.15, 0.2) is 18.2 Å². The summed E-state index contributed by atoms with van der Waals surface area (Å²) in [4.78, 5) is 11.5. The fraction of sp³-hybridized carbons (Fsp3) is 0.462. The molecule has 92 valence electrons. The van der Waals surface area contributed by atoms with Gasteiger partial charge < -0.3 is 9.84 Å². The van der Waals surface area contributed by atoms with E-state index in [1.165, 1.54) is 19.2 Å². The Kier molecular flexibility index (Phi) is 2.81. The number of ether oxygens (including phenoxy) is 1. The van der Waals surface area contributed by atoms with Crippen molar-refractivity contribution in [3.05, 3.63) is 29.6 Å². The molecule has 1 aliphatic carbocycles. The van der Waals surface area contributed by atoms with Gasteiger partial charge in [-0.3, -0.25) is 4.79 Å². The number of carboxylic acids is 1. The minimum absolute atomic E-state index is 0.0456. The minimum Gasteiger partial charge on any atom is -0.493 e. The second-order valence-corrected chi connectivity index (χ2v) is 4.60. The van der Waals surface area contributed by atoms with Crippen LogP contribution < -0.4 is 4.74 Å². The van der Waals surface area contributed by atoms with Crippen LogP contribution in [0.3, 0.4) is 0 Å². The van der Waals surface area contributed by atoms with Gasteiger partial charge in [0.05, 0.1) is 12.5 Å². The Labute approximate surface area is 99.2 Å². The van der Waals surface area contributed by atoms with E-state index in [1.54, 1.807) is 13.0 Å². The molecule has 17 heavy (non-hydrogen) atoms. The second-order valence-electron chi connectivity index (χ2n) is 4.60. The molecule has 1 saturated carbocycles. The average Bonchev–Trinajstić information content (AvgIpc) is 3.11. The quantitative estimate of drug-likeness (QED) is 0.877. The zero-order valence-electron chi connectivity index (χ0n) is 9.87. The lowest BCUT2D eigenvalue weighted by Gasteiger charge is -2.27. The highest BCUT2D eigenvalue weighted by Gasteiger charge is 2.50. The molecule has 1 fully saturated rings. The molecule has 0 aliphatic heterocycles. The number of rotatable bonds is 4. The van der Waals surface area contributed by atoms with Gasteiger partial charge in [-0.2, -0.15) is 0 Å². The van der Waals surface area contributed by atoms with E-state index in [1.807, 2.05) is 0 Å². The van der Waals surface area contributed by atoms with Gasteiger partial charge >= 0.3 is 5.97 Å². The van der Waals surface area contributed by atoms with Gasteiger partial charge in [-0.25, -0.2) is 4.39 Å². The van der Waals surface area contributed by atoms with Crippen LogP contribution in [0.5, 0.6) is 5.75 Å². The summed E-state index contributed by atoms with van der Waals surface area (Å²) in [6.45, 7) is 1.64. The predicted molar refractivity (Wildman–Crippen MR) is 60.7 cm³/mol. The van der Waals surface area contributed by atoms with E-state index in [0.29, 0.717) is 5.56 Å². The summed E-state index contributed by atoms with van der Waals surface area (Å²) in [7, 11) is 1.36. The molecule has 1 unspecified atom stereocenters. The molecule has 1 aromatic carbocycles. The third-order valence-electron chi connectivity index (χ3n) is 3.57. The number of aliphatic carboxylic acids is 1. The average molecular weight is 238 g/mol. The van der Waals surface area contributed by atoms with Crippen molar-refractivity contribution in [3.8, 4) is 5.75 Å². The van der Waals surface area contributed by atoms with Gasteiger partial charge in [0.25, 0.3) is 0 Å². The maximum absolute atomic E-state index is 13.6. The number of halogens is 1. The molecule has 1 aliphatic rings. The van der Waals surface area contributed by atoms with Crippen LogP contribution in [-0.4, -0.2) is 18.2 Å². The molecular weight excluding hydrogens is 223 g/mol. The maximum atomic E-state index is 13.6. The third kappa shape index (κ3) is 1.77. The SMILES string of the molecule is COc1c(F)cccc1C(C)(C(=O)O)C1CC1. The predicted octanol–water partition coefficient (Wildman–Crippen LogP) is 2.59. The van der Waals surface area contributed by atoms with E-state index in [0.717, 1.165) is 12.8 Å². The number of hydrogen-bond acceptors (Lipinski definition) is 2. The van der Waals surface area contributed by atoms with Gasteiger partial charge in [0.1, 0.15) is 0 Å². The first-order valence-electron chi connectivity index (χ1n) is 5.58. The first-order chi connectivity index (χ1) is 8.01. The number of hydrogen-bond donors (Lipinski definition) is 1. The van der Waals surface area contributed by atoms with E-state index >= 15 is 0 Å². The van der Waals surface area contributed by atoms with E-state index in [4.69, 9.17) is 4.74 Å². The normalized spacial score (nSPS) is 18.5. The molecule has 0 saturated heterocycles. The van der Waals surface area contributed by atoms with Crippen molar-refractivity contribution in [1.82, 2.24) is 0 Å². The van der Waals surface area contributed by atoms with Crippen LogP contribution >= 0.6 is 0 Å². The van der Waals surface area contributed by atoms with Crippen LogP contribution in [-0.2, 0) is 10.2 Å². The molecule has 0 heterocycles. The molecule has 1 atom stereocenters. The van der Waals surface area contributed by atoms with Gasteiger partial charge in [0.15, 0.2) is 11.6 Å². The Morgan fingerprint density at radius 1 is 1.53 bits per heavy atom. The van der Waals surface area contributed by atoms with Gasteiger partial charge in [-0.05, 0) is 31.7 Å². The fourth-order valence-corrected chi connectivity index (χ4v) is 2.30. The maximum Gasteiger partial charge on any atom is 0.314 e. The summed E-state index contributed by atoms with van der Waals surface area (Å²) in [5.74, 6) is -1.33. The van der Waals surface area contributed by atoms with Crippen LogP contribution in [0.25, 0.3) is 0 Å². The van der Waals surface area contributed by atoms with Crippen molar-refractivity contribution in [3.63, 3.8) is 0 Å². The summed E-state index contributed by atoms with van der Waals surface area (Å²) in [6, 6.07) is 4.43. The van der Waals surface area contributed by atoms with Crippen LogP contribution in [0, 0.1) is 11.7 Å². The molecule has 0 spiro atoms. The smallest absolute Gasteiger partial charge is 0.314 e. The summed E-state index contributed by atoms with van der Waals surface area (Å²) >= 11 is 0. The minimum atomic E-state index is -1.06. The van der Waals surface area contributed by atoms with Gasteiger partial charge in [-0.15, -0.1) is 0 Å². The van der Waals surface area contributed by atoms with Crippen molar-refractivity contribution < 1.29 is 19.0 Å².